The smallest absolute Gasteiger partial charge is 0.437 e. The summed E-state index contributed by atoms with van der Waals surface area (Å²) in [6.45, 7) is 8.91. The van der Waals surface area contributed by atoms with Gasteiger partial charge in [-0.05, 0) is 47.2 Å². The van der Waals surface area contributed by atoms with Crippen LogP contribution in [0.4, 0.5) is 0 Å². The first kappa shape index (κ1) is 18.6. The van der Waals surface area contributed by atoms with Gasteiger partial charge in [-0.2, -0.15) is 0 Å². The van der Waals surface area contributed by atoms with Crippen molar-refractivity contribution in [1.82, 2.24) is 0 Å². The molecule has 0 saturated heterocycles. The number of nitrogens with zero attached hydrogens (tertiary/aromatic N) is 2. The quantitative estimate of drug-likeness (QED) is 0.300. The molecule has 5 nitrogen and oxygen atoms in total. The normalized spacial score (nSPS) is 15.9. The van der Waals surface area contributed by atoms with Gasteiger partial charge in [0.05, 0.1) is 12.1 Å². The zero-order valence-corrected chi connectivity index (χ0v) is 19.5. The van der Waals surface area contributed by atoms with Gasteiger partial charge in [-0.1, -0.05) is 49.0 Å². The maximum Gasteiger partial charge on any atom is 0.437 e. The Hall–Kier alpha value is -3.86. The molecule has 5 heteroatoms. The van der Waals surface area contributed by atoms with E-state index in [1.807, 2.05) is 36.4 Å². The van der Waals surface area contributed by atoms with Crippen molar-refractivity contribution in [1.29, 1.82) is 0 Å². The van der Waals surface area contributed by atoms with E-state index in [4.69, 9.17) is 14.2 Å². The molecular formula is C29H24N2O3+2. The molecule has 2 aromatic heterocycles. The van der Waals surface area contributed by atoms with Gasteiger partial charge in [0.2, 0.25) is 0 Å². The van der Waals surface area contributed by atoms with Gasteiger partial charge in [0.15, 0.2) is 22.6 Å². The monoisotopic (exact) mass is 448 g/mol. The molecule has 0 bridgehead atoms. The molecule has 0 aliphatic carbocycles. The molecule has 1 spiro atoms. The highest BCUT2D eigenvalue weighted by Crippen LogP contribution is 2.59. The van der Waals surface area contributed by atoms with Crippen molar-refractivity contribution in [3.63, 3.8) is 0 Å². The lowest BCUT2D eigenvalue weighted by Gasteiger charge is -2.35. The van der Waals surface area contributed by atoms with Crippen molar-refractivity contribution in [3.05, 3.63) is 82.9 Å². The van der Waals surface area contributed by atoms with Gasteiger partial charge in [-0.3, -0.25) is 0 Å². The Labute approximate surface area is 197 Å². The minimum atomic E-state index is -0.660. The maximum absolute atomic E-state index is 6.61. The molecule has 0 saturated carbocycles. The highest BCUT2D eigenvalue weighted by Gasteiger charge is 2.75. The van der Waals surface area contributed by atoms with Gasteiger partial charge in [0.1, 0.15) is 11.5 Å². The Bertz CT molecular complexity index is 1480. The van der Waals surface area contributed by atoms with Gasteiger partial charge < -0.3 is 14.2 Å². The van der Waals surface area contributed by atoms with Crippen molar-refractivity contribution >= 4 is 0 Å². The molecule has 0 unspecified atom stereocenters. The summed E-state index contributed by atoms with van der Waals surface area (Å²) < 4.78 is 24.4. The summed E-state index contributed by atoms with van der Waals surface area (Å²) >= 11 is 0. The molecule has 4 aromatic rings. The highest BCUT2D eigenvalue weighted by molar-refractivity contribution is 5.68. The summed E-state index contributed by atoms with van der Waals surface area (Å²) in [5.74, 6) is 5.72. The minimum Gasteiger partial charge on any atom is -0.455 e. The number of hydrogen-bond donors (Lipinski definition) is 0. The number of aromatic nitrogens is 2. The second-order valence-corrected chi connectivity index (χ2v) is 10.2. The molecule has 2 aromatic carbocycles. The first-order valence-corrected chi connectivity index (χ1v) is 12.0. The largest absolute Gasteiger partial charge is 0.455 e. The van der Waals surface area contributed by atoms with E-state index in [0.717, 1.165) is 57.3 Å². The Morgan fingerprint density at radius 1 is 0.588 bits per heavy atom. The molecular weight excluding hydrogens is 424 g/mol. The summed E-state index contributed by atoms with van der Waals surface area (Å²) in [7, 11) is 0. The van der Waals surface area contributed by atoms with Crippen molar-refractivity contribution in [2.75, 3.05) is 0 Å². The van der Waals surface area contributed by atoms with E-state index in [-0.39, 0.29) is 0 Å². The number of pyridine rings is 2. The average molecular weight is 449 g/mol. The number of fused-ring (bicyclic) bond motifs is 1. The molecule has 0 radical (unpaired) electrons. The number of hydrogen-bond acceptors (Lipinski definition) is 3. The first-order chi connectivity index (χ1) is 16.5. The van der Waals surface area contributed by atoms with Crippen LogP contribution in [-0.4, -0.2) is 0 Å². The molecule has 8 rings (SSSR count). The lowest BCUT2D eigenvalue weighted by atomic mass is 9.84. The van der Waals surface area contributed by atoms with Crippen LogP contribution in [0.3, 0.4) is 0 Å². The van der Waals surface area contributed by atoms with Crippen LogP contribution < -0.4 is 23.3 Å². The Kier molecular flexibility index (Phi) is 3.16. The molecule has 0 atom stereocenters. The van der Waals surface area contributed by atoms with Crippen molar-refractivity contribution < 1.29 is 23.3 Å². The van der Waals surface area contributed by atoms with Crippen LogP contribution in [-0.2, 0) is 5.66 Å². The Balaban J connectivity index is 1.64. The molecule has 4 aliphatic heterocycles. The van der Waals surface area contributed by atoms with E-state index < -0.39 is 5.66 Å². The maximum atomic E-state index is 6.61. The Morgan fingerprint density at radius 3 is 1.41 bits per heavy atom. The van der Waals surface area contributed by atoms with Gasteiger partial charge in [0.25, 0.3) is 11.4 Å². The van der Waals surface area contributed by atoms with Crippen LogP contribution in [0.5, 0.6) is 34.8 Å². The van der Waals surface area contributed by atoms with E-state index in [9.17, 15) is 0 Å². The predicted octanol–water partition coefficient (Wildman–Crippen LogP) is 6.10. The van der Waals surface area contributed by atoms with Crippen LogP contribution in [0.25, 0.3) is 11.4 Å². The molecule has 6 heterocycles. The fraction of sp³-hybridized carbons (Fsp3) is 0.241. The van der Waals surface area contributed by atoms with Crippen LogP contribution in [0.1, 0.15) is 61.8 Å². The molecule has 166 valence electrons. The SMILES string of the molecule is CC(C)c1cc2[n+]3c(c1)-c1cc(C(C)C)cc4[n+]1C31c3c(cccc3O2)Oc2cccc(c21)O4. The average Bonchev–Trinajstić information content (AvgIpc) is 3.11. The summed E-state index contributed by atoms with van der Waals surface area (Å²) in [5, 5.41) is 0. The standard InChI is InChI=1S/C29H24N2O3/c1-15(2)17-11-19-20-12-18(16(3)4)14-26-31(20)29-27-21(32-22-8-6-10-24(34-26)28(22)29)7-5-9-23(27)33-25(13-17)30(19)29/h5-16H,1-4H3/q+2. The Morgan fingerprint density at radius 2 is 1.00 bits per heavy atom. The lowest BCUT2D eigenvalue weighted by molar-refractivity contribution is -0.943. The second kappa shape index (κ2) is 5.79. The summed E-state index contributed by atoms with van der Waals surface area (Å²) in [5.41, 5.74) is 6.17. The molecule has 0 amide bonds. The highest BCUT2D eigenvalue weighted by atomic mass is 16.5. The van der Waals surface area contributed by atoms with Crippen molar-refractivity contribution in [2.45, 2.75) is 45.2 Å². The third-order valence-corrected chi connectivity index (χ3v) is 7.67. The fourth-order valence-electron chi connectivity index (χ4n) is 6.11. The van der Waals surface area contributed by atoms with Gasteiger partial charge in [0, 0.05) is 12.1 Å². The van der Waals surface area contributed by atoms with E-state index in [2.05, 4.69) is 61.1 Å². The van der Waals surface area contributed by atoms with Crippen LogP contribution in [0.2, 0.25) is 0 Å². The summed E-state index contributed by atoms with van der Waals surface area (Å²) in [6, 6.07) is 21.2. The van der Waals surface area contributed by atoms with Crippen molar-refractivity contribution in [2.24, 2.45) is 0 Å². The predicted molar refractivity (Wildman–Crippen MR) is 125 cm³/mol. The lowest BCUT2D eigenvalue weighted by Crippen LogP contribution is -2.74. The van der Waals surface area contributed by atoms with E-state index in [0.29, 0.717) is 11.8 Å². The number of rotatable bonds is 2. The molecule has 4 aliphatic rings. The van der Waals surface area contributed by atoms with Gasteiger partial charge in [-0.15, -0.1) is 0 Å². The van der Waals surface area contributed by atoms with Crippen LogP contribution in [0.15, 0.2) is 60.7 Å². The zero-order valence-electron chi connectivity index (χ0n) is 19.5. The third-order valence-electron chi connectivity index (χ3n) is 7.67. The van der Waals surface area contributed by atoms with Crippen LogP contribution >= 0.6 is 0 Å². The minimum absolute atomic E-state index is 0.371. The van der Waals surface area contributed by atoms with Gasteiger partial charge in [-0.25, -0.2) is 0 Å². The van der Waals surface area contributed by atoms with Gasteiger partial charge >= 0.3 is 17.4 Å². The van der Waals surface area contributed by atoms with E-state index in [1.165, 1.54) is 11.1 Å². The number of benzene rings is 2. The third kappa shape index (κ3) is 1.91. The first-order valence-electron chi connectivity index (χ1n) is 12.0. The van der Waals surface area contributed by atoms with E-state index in [1.54, 1.807) is 0 Å². The number of ether oxygens (including phenoxy) is 3. The summed E-state index contributed by atoms with van der Waals surface area (Å²) in [6.07, 6.45) is 0. The second-order valence-electron chi connectivity index (χ2n) is 10.2. The molecule has 0 fully saturated rings. The van der Waals surface area contributed by atoms with E-state index >= 15 is 0 Å². The topological polar surface area (TPSA) is 35.5 Å². The van der Waals surface area contributed by atoms with Crippen LogP contribution in [0, 0.1) is 0 Å². The zero-order chi connectivity index (χ0) is 22.9. The fourth-order valence-corrected chi connectivity index (χ4v) is 6.11. The summed E-state index contributed by atoms with van der Waals surface area (Å²) in [4.78, 5) is 0. The molecule has 0 N–H and O–H groups in total. The molecule has 34 heavy (non-hydrogen) atoms. The van der Waals surface area contributed by atoms with Crippen molar-refractivity contribution in [3.8, 4) is 46.1 Å².